The molecule has 0 heterocycles. The van der Waals surface area contributed by atoms with Gasteiger partial charge in [-0.1, -0.05) is 194 Å². The number of aromatic carboxylic acids is 1. The molecule has 1 aromatic carbocycles. The molecule has 0 fully saturated rings. The van der Waals surface area contributed by atoms with Crippen LogP contribution >= 0.6 is 0 Å². The molecular weight excluding hydrogens is 682 g/mol. The van der Waals surface area contributed by atoms with Gasteiger partial charge in [-0.05, 0) is 31.4 Å². The number of ether oxygens (including phenoxy) is 3. The van der Waals surface area contributed by atoms with E-state index in [9.17, 15) is 9.90 Å². The van der Waals surface area contributed by atoms with Crippen molar-refractivity contribution in [3.05, 3.63) is 17.7 Å². The van der Waals surface area contributed by atoms with Crippen LogP contribution in [0.15, 0.2) is 12.1 Å². The molecule has 0 amide bonds. The molecule has 0 atom stereocenters. The van der Waals surface area contributed by atoms with Crippen LogP contribution in [0.1, 0.15) is 224 Å². The van der Waals surface area contributed by atoms with E-state index in [2.05, 4.69) is 20.8 Å². The van der Waals surface area contributed by atoms with Gasteiger partial charge in [-0.2, -0.15) is 0 Å². The maximum absolute atomic E-state index is 11.9. The molecule has 0 saturated carbocycles. The molecule has 6 heteroatoms. The fourth-order valence-corrected chi connectivity index (χ4v) is 6.36. The molecule has 0 N–H and O–H groups in total. The van der Waals surface area contributed by atoms with Crippen molar-refractivity contribution < 1.29 is 82.3 Å². The Kier molecular flexibility index (Phi) is 37.6. The number of hydrogen-bond acceptors (Lipinski definition) is 5. The minimum absolute atomic E-state index is 0. The van der Waals surface area contributed by atoms with Crippen molar-refractivity contribution in [1.29, 1.82) is 0 Å². The number of unbranched alkanes of at least 4 members (excludes halogenated alkanes) is 27. The first kappa shape index (κ1) is 48.9. The van der Waals surface area contributed by atoms with Gasteiger partial charge in [0.05, 0.1) is 25.8 Å². The summed E-state index contributed by atoms with van der Waals surface area (Å²) in [5.41, 5.74) is 0.0810. The van der Waals surface area contributed by atoms with Gasteiger partial charge < -0.3 is 24.1 Å². The first-order valence-electron chi connectivity index (χ1n) is 20.9. The van der Waals surface area contributed by atoms with Crippen molar-refractivity contribution in [2.24, 2.45) is 0 Å². The molecule has 1 aromatic rings. The predicted molar refractivity (Wildman–Crippen MR) is 203 cm³/mol. The summed E-state index contributed by atoms with van der Waals surface area (Å²) in [7, 11) is 0. The molecule has 0 radical (unpaired) electrons. The standard InChI is InChI=1S/C43H78O5.Rb/c1-4-7-10-13-16-19-22-25-28-31-34-46-40-37-39(43(44)45)38-41(47-35-32-29-26-23-20-17-14-11-8-5-2)42(40)48-36-33-30-27-24-21-18-15-12-9-6-3;/h37-38H,4-36H2,1-3H3,(H,44,45);/q;+1/p-1. The zero-order valence-electron chi connectivity index (χ0n) is 33.0. The number of rotatable bonds is 37. The maximum atomic E-state index is 11.9. The van der Waals surface area contributed by atoms with Crippen molar-refractivity contribution in [3.8, 4) is 17.2 Å². The first-order valence-corrected chi connectivity index (χ1v) is 20.9. The number of carbonyl (C=O) groups is 1. The van der Waals surface area contributed by atoms with Gasteiger partial charge in [0, 0.05) is 5.56 Å². The summed E-state index contributed by atoms with van der Waals surface area (Å²) >= 11 is 0. The molecule has 0 spiro atoms. The van der Waals surface area contributed by atoms with E-state index >= 15 is 0 Å². The number of carboxylic acids is 1. The molecule has 0 aliphatic heterocycles. The van der Waals surface area contributed by atoms with E-state index in [1.807, 2.05) is 0 Å². The summed E-state index contributed by atoms with van der Waals surface area (Å²) in [6, 6.07) is 3.12. The van der Waals surface area contributed by atoms with Gasteiger partial charge in [-0.15, -0.1) is 0 Å². The SMILES string of the molecule is CCCCCCCCCCCCOc1cc(C(=O)[O-])cc(OCCCCCCCCCCCC)c1OCCCCCCCCCCCC.[Rb+]. The second kappa shape index (κ2) is 37.6. The Labute approximate surface area is 353 Å². The van der Waals surface area contributed by atoms with Gasteiger partial charge in [-0.3, -0.25) is 0 Å². The molecule has 0 bridgehead atoms. The maximum Gasteiger partial charge on any atom is 1.00 e. The summed E-state index contributed by atoms with van der Waals surface area (Å²) in [6.45, 7) is 8.44. The molecular formula is C43H77O5Rb. The fourth-order valence-electron chi connectivity index (χ4n) is 6.36. The second-order valence-electron chi connectivity index (χ2n) is 14.2. The molecule has 0 saturated heterocycles. The Balaban J connectivity index is 0.0000230. The fraction of sp³-hybridized carbons (Fsp3) is 0.837. The minimum atomic E-state index is -1.22. The zero-order chi connectivity index (χ0) is 34.8. The molecule has 1 rings (SSSR count). The van der Waals surface area contributed by atoms with Crippen LogP contribution in [0.4, 0.5) is 0 Å². The van der Waals surface area contributed by atoms with E-state index in [1.165, 1.54) is 154 Å². The number of benzene rings is 1. The van der Waals surface area contributed by atoms with Crippen LogP contribution in [0, 0.1) is 0 Å². The predicted octanol–water partition coefficient (Wildman–Crippen LogP) is 9.95. The van der Waals surface area contributed by atoms with Crippen LogP contribution < -0.4 is 77.5 Å². The van der Waals surface area contributed by atoms with Gasteiger partial charge in [0.15, 0.2) is 11.5 Å². The monoisotopic (exact) mass is 758 g/mol. The molecule has 0 aliphatic carbocycles. The normalized spacial score (nSPS) is 11.0. The van der Waals surface area contributed by atoms with Gasteiger partial charge in [-0.25, -0.2) is 0 Å². The number of carboxylic acid groups (broad SMARTS) is 1. The Bertz CT molecular complexity index is 814. The third-order valence-electron chi connectivity index (χ3n) is 9.51. The summed E-state index contributed by atoms with van der Waals surface area (Å²) in [4.78, 5) is 11.9. The first-order chi connectivity index (χ1) is 23.6. The quantitative estimate of drug-likeness (QED) is 0.0633. The smallest absolute Gasteiger partial charge is 0.545 e. The molecule has 49 heavy (non-hydrogen) atoms. The third-order valence-corrected chi connectivity index (χ3v) is 9.51. The zero-order valence-corrected chi connectivity index (χ0v) is 37.9. The minimum Gasteiger partial charge on any atom is -0.545 e. The van der Waals surface area contributed by atoms with E-state index in [0.717, 1.165) is 38.5 Å². The van der Waals surface area contributed by atoms with Crippen LogP contribution in [0.3, 0.4) is 0 Å². The molecule has 0 aromatic heterocycles. The van der Waals surface area contributed by atoms with Crippen molar-refractivity contribution in [2.75, 3.05) is 19.8 Å². The van der Waals surface area contributed by atoms with E-state index in [4.69, 9.17) is 14.2 Å². The molecule has 0 aliphatic rings. The average Bonchev–Trinajstić information content (AvgIpc) is 3.08. The van der Waals surface area contributed by atoms with Crippen LogP contribution in [0.5, 0.6) is 17.2 Å². The second-order valence-corrected chi connectivity index (χ2v) is 14.2. The summed E-state index contributed by atoms with van der Waals surface area (Å²) in [5, 5.41) is 11.9. The summed E-state index contributed by atoms with van der Waals surface area (Å²) < 4.78 is 18.7. The van der Waals surface area contributed by atoms with Crippen molar-refractivity contribution in [1.82, 2.24) is 0 Å². The average molecular weight is 760 g/mol. The van der Waals surface area contributed by atoms with Gasteiger partial charge in [0.1, 0.15) is 0 Å². The number of carbonyl (C=O) groups excluding carboxylic acids is 1. The van der Waals surface area contributed by atoms with E-state index < -0.39 is 5.97 Å². The van der Waals surface area contributed by atoms with Gasteiger partial charge >= 0.3 is 58.2 Å². The van der Waals surface area contributed by atoms with Gasteiger partial charge in [0.2, 0.25) is 5.75 Å². The largest absolute Gasteiger partial charge is 1.00 e. The molecule has 5 nitrogen and oxygen atoms in total. The van der Waals surface area contributed by atoms with E-state index in [0.29, 0.717) is 37.1 Å². The third kappa shape index (κ3) is 29.1. The van der Waals surface area contributed by atoms with Crippen molar-refractivity contribution >= 4 is 5.97 Å². The Hall–Kier alpha value is -0.105. The van der Waals surface area contributed by atoms with E-state index in [1.54, 1.807) is 12.1 Å². The van der Waals surface area contributed by atoms with E-state index in [-0.39, 0.29) is 63.8 Å². The summed E-state index contributed by atoms with van der Waals surface area (Å²) in [5.74, 6) is 0.273. The summed E-state index contributed by atoms with van der Waals surface area (Å²) in [6.07, 6.45) is 37.8. The van der Waals surface area contributed by atoms with Crippen molar-refractivity contribution in [2.45, 2.75) is 213 Å². The number of hydrogen-bond donors (Lipinski definition) is 0. The molecule has 280 valence electrons. The Morgan fingerprint density at radius 2 is 0.673 bits per heavy atom. The Morgan fingerprint density at radius 1 is 0.429 bits per heavy atom. The van der Waals surface area contributed by atoms with Crippen LogP contribution in [-0.4, -0.2) is 25.8 Å². The van der Waals surface area contributed by atoms with Crippen LogP contribution in [0.2, 0.25) is 0 Å². The Morgan fingerprint density at radius 3 is 0.939 bits per heavy atom. The van der Waals surface area contributed by atoms with Gasteiger partial charge in [0.25, 0.3) is 0 Å². The van der Waals surface area contributed by atoms with Crippen LogP contribution in [0.25, 0.3) is 0 Å². The van der Waals surface area contributed by atoms with Crippen molar-refractivity contribution in [3.63, 3.8) is 0 Å². The topological polar surface area (TPSA) is 67.8 Å². The van der Waals surface area contributed by atoms with Crippen LogP contribution in [-0.2, 0) is 0 Å². The molecule has 0 unspecified atom stereocenters.